The molecule has 0 N–H and O–H groups in total. The molecule has 4 rings (SSSR count). The standard InChI is InChI=1S/C14H18N4O3S/c19-14(11-9-15-5-6-16-11)17-7-3-13-12(17)4-8-18(13)22(20,21)10-1-2-10/h5-6,9-10,12-13H,1-4,7-8H2/t12-,13+/m0/s1. The highest BCUT2D eigenvalue weighted by molar-refractivity contribution is 7.90. The molecule has 0 radical (unpaired) electrons. The van der Waals surface area contributed by atoms with Crippen LogP contribution in [0.5, 0.6) is 0 Å². The zero-order valence-corrected chi connectivity index (χ0v) is 12.9. The minimum Gasteiger partial charge on any atom is -0.333 e. The first-order valence-corrected chi connectivity index (χ1v) is 9.17. The first kappa shape index (κ1) is 14.1. The van der Waals surface area contributed by atoms with Crippen LogP contribution < -0.4 is 0 Å². The van der Waals surface area contributed by atoms with E-state index in [1.54, 1.807) is 9.21 Å². The van der Waals surface area contributed by atoms with Crippen LogP contribution in [0.3, 0.4) is 0 Å². The Kier molecular flexibility index (Phi) is 3.19. The molecule has 0 aromatic carbocycles. The average molecular weight is 322 g/mol. The molecule has 3 aliphatic rings. The molecule has 0 bridgehead atoms. The maximum Gasteiger partial charge on any atom is 0.274 e. The predicted octanol–water partition coefficient (Wildman–Crippen LogP) is 0.258. The number of carbonyl (C=O) groups is 1. The third-order valence-corrected chi connectivity index (χ3v) is 7.26. The first-order chi connectivity index (χ1) is 10.6. The van der Waals surface area contributed by atoms with Crippen molar-refractivity contribution in [2.75, 3.05) is 13.1 Å². The van der Waals surface area contributed by atoms with E-state index in [1.807, 2.05) is 0 Å². The zero-order chi connectivity index (χ0) is 15.3. The lowest BCUT2D eigenvalue weighted by molar-refractivity contribution is 0.0728. The first-order valence-electron chi connectivity index (χ1n) is 7.66. The van der Waals surface area contributed by atoms with Gasteiger partial charge in [0.05, 0.1) is 17.5 Å². The van der Waals surface area contributed by atoms with E-state index in [1.165, 1.54) is 18.6 Å². The van der Waals surface area contributed by atoms with Crippen LogP contribution in [0.15, 0.2) is 18.6 Å². The molecule has 2 atom stereocenters. The quantitative estimate of drug-likeness (QED) is 0.797. The molecule has 1 aliphatic carbocycles. The lowest BCUT2D eigenvalue weighted by Crippen LogP contribution is -2.42. The zero-order valence-electron chi connectivity index (χ0n) is 12.1. The molecular weight excluding hydrogens is 304 g/mol. The van der Waals surface area contributed by atoms with E-state index in [0.29, 0.717) is 31.6 Å². The molecule has 8 heteroatoms. The van der Waals surface area contributed by atoms with Crippen molar-refractivity contribution in [3.63, 3.8) is 0 Å². The number of hydrogen-bond acceptors (Lipinski definition) is 5. The van der Waals surface area contributed by atoms with E-state index in [4.69, 9.17) is 0 Å². The highest BCUT2D eigenvalue weighted by atomic mass is 32.2. The highest BCUT2D eigenvalue weighted by Crippen LogP contribution is 2.39. The summed E-state index contributed by atoms with van der Waals surface area (Å²) < 4.78 is 26.6. The Labute approximate surface area is 129 Å². The summed E-state index contributed by atoms with van der Waals surface area (Å²) in [6.07, 6.45) is 7.47. The smallest absolute Gasteiger partial charge is 0.274 e. The van der Waals surface area contributed by atoms with Crippen molar-refractivity contribution in [3.05, 3.63) is 24.3 Å². The van der Waals surface area contributed by atoms with Gasteiger partial charge in [-0.3, -0.25) is 9.78 Å². The summed E-state index contributed by atoms with van der Waals surface area (Å²) in [7, 11) is -3.17. The van der Waals surface area contributed by atoms with Gasteiger partial charge in [-0.1, -0.05) is 0 Å². The van der Waals surface area contributed by atoms with Gasteiger partial charge in [-0.2, -0.15) is 4.31 Å². The van der Waals surface area contributed by atoms with Crippen molar-refractivity contribution in [1.29, 1.82) is 0 Å². The second-order valence-electron chi connectivity index (χ2n) is 6.16. The van der Waals surface area contributed by atoms with Crippen molar-refractivity contribution in [1.82, 2.24) is 19.2 Å². The van der Waals surface area contributed by atoms with E-state index in [2.05, 4.69) is 9.97 Å². The molecule has 118 valence electrons. The minimum atomic E-state index is -3.17. The minimum absolute atomic E-state index is 0.0250. The fraction of sp³-hybridized carbons (Fsp3) is 0.643. The molecule has 0 unspecified atom stereocenters. The number of likely N-dealkylation sites (tertiary alicyclic amines) is 1. The van der Waals surface area contributed by atoms with Gasteiger partial charge in [0.1, 0.15) is 5.69 Å². The molecule has 1 saturated carbocycles. The van der Waals surface area contributed by atoms with Crippen LogP contribution in [0.25, 0.3) is 0 Å². The molecule has 7 nitrogen and oxygen atoms in total. The highest BCUT2D eigenvalue weighted by Gasteiger charge is 2.52. The average Bonchev–Trinajstić information content (AvgIpc) is 3.18. The maximum absolute atomic E-state index is 12.5. The molecule has 3 heterocycles. The van der Waals surface area contributed by atoms with E-state index in [0.717, 1.165) is 12.8 Å². The summed E-state index contributed by atoms with van der Waals surface area (Å²) in [4.78, 5) is 22.3. The fourth-order valence-corrected chi connectivity index (χ4v) is 5.73. The Hall–Kier alpha value is -1.54. The third kappa shape index (κ3) is 2.13. The molecule has 1 amide bonds. The summed E-state index contributed by atoms with van der Waals surface area (Å²) in [5, 5.41) is -0.184. The number of rotatable bonds is 3. The summed E-state index contributed by atoms with van der Waals surface area (Å²) in [6.45, 7) is 1.11. The topological polar surface area (TPSA) is 83.5 Å². The Morgan fingerprint density at radius 1 is 1.09 bits per heavy atom. The summed E-state index contributed by atoms with van der Waals surface area (Å²) in [5.41, 5.74) is 0.326. The van der Waals surface area contributed by atoms with Crippen LogP contribution in [-0.4, -0.2) is 63.9 Å². The number of carbonyl (C=O) groups excluding carboxylic acids is 1. The number of fused-ring (bicyclic) bond motifs is 1. The second-order valence-corrected chi connectivity index (χ2v) is 8.32. The van der Waals surface area contributed by atoms with Crippen LogP contribution in [0.2, 0.25) is 0 Å². The molecule has 2 saturated heterocycles. The Balaban J connectivity index is 1.54. The predicted molar refractivity (Wildman–Crippen MR) is 78.5 cm³/mol. The van der Waals surface area contributed by atoms with Crippen molar-refractivity contribution in [3.8, 4) is 0 Å². The Morgan fingerprint density at radius 2 is 1.86 bits per heavy atom. The van der Waals surface area contributed by atoms with Crippen LogP contribution in [-0.2, 0) is 10.0 Å². The molecule has 0 spiro atoms. The maximum atomic E-state index is 12.5. The second kappa shape index (κ2) is 4.99. The van der Waals surface area contributed by atoms with Gasteiger partial charge in [0.2, 0.25) is 10.0 Å². The van der Waals surface area contributed by atoms with Crippen LogP contribution in [0.4, 0.5) is 0 Å². The van der Waals surface area contributed by atoms with E-state index in [-0.39, 0.29) is 23.2 Å². The SMILES string of the molecule is O=C(c1cnccn1)N1CC[C@@H]2[C@@H]1CCN2S(=O)(=O)C1CC1. The largest absolute Gasteiger partial charge is 0.333 e. The van der Waals surface area contributed by atoms with Crippen molar-refractivity contribution < 1.29 is 13.2 Å². The van der Waals surface area contributed by atoms with Gasteiger partial charge in [-0.25, -0.2) is 13.4 Å². The number of hydrogen-bond donors (Lipinski definition) is 0. The Morgan fingerprint density at radius 3 is 2.55 bits per heavy atom. The van der Waals surface area contributed by atoms with Gasteiger partial charge in [0.25, 0.3) is 5.91 Å². The van der Waals surface area contributed by atoms with Gasteiger partial charge in [0.15, 0.2) is 0 Å². The van der Waals surface area contributed by atoms with Gasteiger partial charge < -0.3 is 4.90 Å². The summed E-state index contributed by atoms with van der Waals surface area (Å²) in [6, 6.07) is -0.0887. The number of nitrogens with zero attached hydrogens (tertiary/aromatic N) is 4. The summed E-state index contributed by atoms with van der Waals surface area (Å²) >= 11 is 0. The molecule has 22 heavy (non-hydrogen) atoms. The third-order valence-electron chi connectivity index (χ3n) is 4.84. The van der Waals surface area contributed by atoms with Crippen LogP contribution in [0.1, 0.15) is 36.2 Å². The number of sulfonamides is 1. The van der Waals surface area contributed by atoms with Crippen molar-refractivity contribution >= 4 is 15.9 Å². The van der Waals surface area contributed by atoms with Crippen LogP contribution in [0, 0.1) is 0 Å². The van der Waals surface area contributed by atoms with Gasteiger partial charge in [-0.15, -0.1) is 0 Å². The normalized spacial score (nSPS) is 28.8. The van der Waals surface area contributed by atoms with E-state index >= 15 is 0 Å². The fourth-order valence-electron chi connectivity index (χ4n) is 3.63. The molecule has 2 aliphatic heterocycles. The van der Waals surface area contributed by atoms with Gasteiger partial charge >= 0.3 is 0 Å². The van der Waals surface area contributed by atoms with Gasteiger partial charge in [-0.05, 0) is 25.7 Å². The van der Waals surface area contributed by atoms with Crippen molar-refractivity contribution in [2.24, 2.45) is 0 Å². The monoisotopic (exact) mass is 322 g/mol. The van der Waals surface area contributed by atoms with E-state index in [9.17, 15) is 13.2 Å². The van der Waals surface area contributed by atoms with Crippen molar-refractivity contribution in [2.45, 2.75) is 43.0 Å². The number of aromatic nitrogens is 2. The van der Waals surface area contributed by atoms with E-state index < -0.39 is 10.0 Å². The molecule has 1 aromatic heterocycles. The van der Waals surface area contributed by atoms with Crippen LogP contribution >= 0.6 is 0 Å². The molecular formula is C14H18N4O3S. The lowest BCUT2D eigenvalue weighted by Gasteiger charge is -2.25. The lowest BCUT2D eigenvalue weighted by atomic mass is 10.1. The number of amides is 1. The molecule has 3 fully saturated rings. The van der Waals surface area contributed by atoms with Gasteiger partial charge in [0, 0.05) is 31.5 Å². The summed E-state index contributed by atoms with van der Waals surface area (Å²) in [5.74, 6) is -0.147. The molecule has 1 aromatic rings. The Bertz CT molecular complexity index is 689.